The van der Waals surface area contributed by atoms with Crippen LogP contribution in [0.25, 0.3) is 0 Å². The first-order chi connectivity index (χ1) is 12.5. The quantitative estimate of drug-likeness (QED) is 0.806. The number of nitrogens with zero attached hydrogens (tertiary/aromatic N) is 2. The molecule has 0 saturated heterocycles. The van der Waals surface area contributed by atoms with Crippen LogP contribution in [0.2, 0.25) is 0 Å². The largest absolute Gasteiger partial charge is 0.325 e. The van der Waals surface area contributed by atoms with Crippen molar-refractivity contribution in [3.05, 3.63) is 52.2 Å². The monoisotopic (exact) mass is 365 g/mol. The van der Waals surface area contributed by atoms with Crippen LogP contribution < -0.4 is 5.32 Å². The van der Waals surface area contributed by atoms with Crippen molar-refractivity contribution in [2.45, 2.75) is 56.7 Å². The number of amides is 1. The minimum absolute atomic E-state index is 0.0767. The highest BCUT2D eigenvalue weighted by Gasteiger charge is 2.21. The van der Waals surface area contributed by atoms with Gasteiger partial charge >= 0.3 is 0 Å². The number of aryl methyl sites for hydroxylation is 3. The molecule has 0 saturated carbocycles. The van der Waals surface area contributed by atoms with Crippen molar-refractivity contribution in [3.63, 3.8) is 0 Å². The Kier molecular flexibility index (Phi) is 5.63. The van der Waals surface area contributed by atoms with Crippen LogP contribution in [-0.2, 0) is 17.6 Å². The van der Waals surface area contributed by atoms with E-state index in [4.69, 9.17) is 4.98 Å². The lowest BCUT2D eigenvalue weighted by Gasteiger charge is -2.18. The first kappa shape index (κ1) is 18.5. The number of rotatable bonds is 4. The predicted octanol–water partition coefficient (Wildman–Crippen LogP) is 4.57. The van der Waals surface area contributed by atoms with Crippen LogP contribution in [-0.4, -0.2) is 16.1 Å². The molecule has 2 aromatic rings. The number of benzene rings is 1. The molecule has 26 heavy (non-hydrogen) atoms. The third-order valence-electron chi connectivity index (χ3n) is 4.91. The lowest BCUT2D eigenvalue weighted by molar-refractivity contribution is -0.115. The van der Waals surface area contributed by atoms with Gasteiger partial charge in [-0.2, -0.15) is 5.26 Å². The molecule has 1 unspecified atom stereocenters. The Hall–Kier alpha value is -2.32. The second-order valence-electron chi connectivity index (χ2n) is 6.76. The average Bonchev–Trinajstić information content (AvgIpc) is 2.64. The second-order valence-corrected chi connectivity index (χ2v) is 8.09. The van der Waals surface area contributed by atoms with Gasteiger partial charge in [-0.25, -0.2) is 4.98 Å². The second kappa shape index (κ2) is 7.92. The number of thioether (sulfide) groups is 1. The average molecular weight is 366 g/mol. The number of hydrogen-bond donors (Lipinski definition) is 1. The van der Waals surface area contributed by atoms with E-state index in [1.165, 1.54) is 17.3 Å². The van der Waals surface area contributed by atoms with Crippen molar-refractivity contribution >= 4 is 23.4 Å². The number of carbonyl (C=O) groups is 1. The zero-order valence-corrected chi connectivity index (χ0v) is 16.2. The molecule has 1 N–H and O–H groups in total. The molecule has 1 amide bonds. The van der Waals surface area contributed by atoms with Gasteiger partial charge in [0.25, 0.3) is 0 Å². The normalized spacial score (nSPS) is 14.2. The first-order valence-corrected chi connectivity index (χ1v) is 9.84. The molecule has 1 heterocycles. The number of nitriles is 1. The predicted molar refractivity (Wildman–Crippen MR) is 105 cm³/mol. The lowest BCUT2D eigenvalue weighted by atomic mass is 9.95. The van der Waals surface area contributed by atoms with Gasteiger partial charge in [-0.05, 0) is 75.3 Å². The number of aromatic nitrogens is 1. The van der Waals surface area contributed by atoms with Gasteiger partial charge in [0, 0.05) is 11.4 Å². The van der Waals surface area contributed by atoms with E-state index in [0.717, 1.165) is 48.2 Å². The SMILES string of the molecule is Cc1cccc(NC(=O)C(C)Sc2nc3c(cc2C#N)CCCC3)c1C. The summed E-state index contributed by atoms with van der Waals surface area (Å²) in [5, 5.41) is 12.8. The number of fused-ring (bicyclic) bond motifs is 1. The molecule has 0 bridgehead atoms. The number of hydrogen-bond acceptors (Lipinski definition) is 4. The third kappa shape index (κ3) is 3.91. The summed E-state index contributed by atoms with van der Waals surface area (Å²) in [6.45, 7) is 5.88. The fraction of sp³-hybridized carbons (Fsp3) is 0.381. The fourth-order valence-corrected chi connectivity index (χ4v) is 4.02. The van der Waals surface area contributed by atoms with Crippen molar-refractivity contribution in [2.75, 3.05) is 5.32 Å². The molecular formula is C21H23N3OS. The van der Waals surface area contributed by atoms with E-state index in [1.807, 2.05) is 45.0 Å². The summed E-state index contributed by atoms with van der Waals surface area (Å²) in [5.74, 6) is -0.0767. The highest BCUT2D eigenvalue weighted by molar-refractivity contribution is 8.00. The minimum atomic E-state index is -0.337. The topological polar surface area (TPSA) is 65.8 Å². The Morgan fingerprint density at radius 1 is 1.31 bits per heavy atom. The van der Waals surface area contributed by atoms with E-state index in [-0.39, 0.29) is 11.2 Å². The molecule has 0 aliphatic heterocycles. The van der Waals surface area contributed by atoms with E-state index in [2.05, 4.69) is 11.4 Å². The van der Waals surface area contributed by atoms with Crippen molar-refractivity contribution in [1.29, 1.82) is 5.26 Å². The maximum atomic E-state index is 12.6. The molecule has 1 aromatic carbocycles. The Morgan fingerprint density at radius 3 is 2.85 bits per heavy atom. The Balaban J connectivity index is 1.77. The summed E-state index contributed by atoms with van der Waals surface area (Å²) >= 11 is 1.36. The summed E-state index contributed by atoms with van der Waals surface area (Å²) in [6.07, 6.45) is 4.24. The van der Waals surface area contributed by atoms with Gasteiger partial charge in [-0.3, -0.25) is 4.79 Å². The zero-order valence-electron chi connectivity index (χ0n) is 15.4. The zero-order chi connectivity index (χ0) is 18.7. The minimum Gasteiger partial charge on any atom is -0.325 e. The molecule has 0 fully saturated rings. The molecule has 134 valence electrons. The number of anilines is 1. The van der Waals surface area contributed by atoms with Crippen LogP contribution in [0.4, 0.5) is 5.69 Å². The number of pyridine rings is 1. The van der Waals surface area contributed by atoms with Gasteiger partial charge in [0.15, 0.2) is 0 Å². The van der Waals surface area contributed by atoms with Gasteiger partial charge in [0.2, 0.25) is 5.91 Å². The first-order valence-electron chi connectivity index (χ1n) is 8.96. The number of carbonyl (C=O) groups excluding carboxylic acids is 1. The molecule has 4 nitrogen and oxygen atoms in total. The van der Waals surface area contributed by atoms with Crippen LogP contribution >= 0.6 is 11.8 Å². The Morgan fingerprint density at radius 2 is 2.08 bits per heavy atom. The summed E-state index contributed by atoms with van der Waals surface area (Å²) in [5.41, 5.74) is 5.89. The summed E-state index contributed by atoms with van der Waals surface area (Å²) in [4.78, 5) is 17.3. The van der Waals surface area contributed by atoms with Gasteiger partial charge < -0.3 is 5.32 Å². The summed E-state index contributed by atoms with van der Waals surface area (Å²) in [6, 6.07) is 10.1. The highest BCUT2D eigenvalue weighted by Crippen LogP contribution is 2.30. The van der Waals surface area contributed by atoms with Gasteiger partial charge in [-0.15, -0.1) is 0 Å². The van der Waals surface area contributed by atoms with E-state index in [0.29, 0.717) is 10.6 Å². The molecule has 1 aliphatic carbocycles. The van der Waals surface area contributed by atoms with Crippen molar-refractivity contribution < 1.29 is 4.79 Å². The van der Waals surface area contributed by atoms with E-state index in [1.54, 1.807) is 0 Å². The van der Waals surface area contributed by atoms with Crippen molar-refractivity contribution in [1.82, 2.24) is 4.98 Å². The van der Waals surface area contributed by atoms with Gasteiger partial charge in [0.05, 0.1) is 10.8 Å². The van der Waals surface area contributed by atoms with Crippen LogP contribution in [0.5, 0.6) is 0 Å². The molecule has 0 spiro atoms. The smallest absolute Gasteiger partial charge is 0.237 e. The van der Waals surface area contributed by atoms with Crippen LogP contribution in [0, 0.1) is 25.2 Å². The Bertz CT molecular complexity index is 886. The lowest BCUT2D eigenvalue weighted by Crippen LogP contribution is -2.23. The third-order valence-corrected chi connectivity index (χ3v) is 6.01. The molecule has 5 heteroatoms. The summed E-state index contributed by atoms with van der Waals surface area (Å²) in [7, 11) is 0. The van der Waals surface area contributed by atoms with Gasteiger partial charge in [-0.1, -0.05) is 23.9 Å². The highest BCUT2D eigenvalue weighted by atomic mass is 32.2. The molecule has 1 aliphatic rings. The van der Waals surface area contributed by atoms with Gasteiger partial charge in [0.1, 0.15) is 11.1 Å². The van der Waals surface area contributed by atoms with Crippen LogP contribution in [0.1, 0.15) is 47.7 Å². The van der Waals surface area contributed by atoms with Crippen molar-refractivity contribution in [2.24, 2.45) is 0 Å². The molecule has 1 atom stereocenters. The molecule has 0 radical (unpaired) electrons. The molecular weight excluding hydrogens is 342 g/mol. The maximum absolute atomic E-state index is 12.6. The van der Waals surface area contributed by atoms with E-state index in [9.17, 15) is 10.1 Å². The fourth-order valence-electron chi connectivity index (χ4n) is 3.13. The molecule has 1 aromatic heterocycles. The van der Waals surface area contributed by atoms with Crippen LogP contribution in [0.3, 0.4) is 0 Å². The Labute approximate surface area is 159 Å². The van der Waals surface area contributed by atoms with Crippen LogP contribution in [0.15, 0.2) is 29.3 Å². The number of nitrogens with one attached hydrogen (secondary N) is 1. The van der Waals surface area contributed by atoms with Crippen molar-refractivity contribution in [3.8, 4) is 6.07 Å². The standard InChI is InChI=1S/C21H23N3OS/c1-13-7-6-10-18(14(13)2)23-20(25)15(3)26-21-17(12-22)11-16-8-4-5-9-19(16)24-21/h6-7,10-11,15H,4-5,8-9H2,1-3H3,(H,23,25). The molecule has 3 rings (SSSR count). The summed E-state index contributed by atoms with van der Waals surface area (Å²) < 4.78 is 0. The maximum Gasteiger partial charge on any atom is 0.237 e. The van der Waals surface area contributed by atoms with E-state index < -0.39 is 0 Å². The van der Waals surface area contributed by atoms with E-state index >= 15 is 0 Å².